The van der Waals surface area contributed by atoms with E-state index in [1.807, 2.05) is 6.92 Å². The number of fused-ring (bicyclic) bond motifs is 1. The minimum atomic E-state index is -1.29. The first-order valence-corrected chi connectivity index (χ1v) is 12.8. The molecule has 2 saturated heterocycles. The quantitative estimate of drug-likeness (QED) is 0.468. The molecule has 190 valence electrons. The third-order valence-corrected chi connectivity index (χ3v) is 8.07. The third kappa shape index (κ3) is 4.47. The monoisotopic (exact) mass is 475 g/mol. The van der Waals surface area contributed by atoms with Gasteiger partial charge in [-0.05, 0) is 58.8 Å². The predicted molar refractivity (Wildman–Crippen MR) is 128 cm³/mol. The second-order valence-electron chi connectivity index (χ2n) is 11.7. The Morgan fingerprint density at radius 2 is 1.88 bits per heavy atom. The molecule has 2 fully saturated rings. The van der Waals surface area contributed by atoms with Gasteiger partial charge in [-0.1, -0.05) is 44.1 Å². The Morgan fingerprint density at radius 3 is 2.56 bits per heavy atom. The molecule has 0 saturated carbocycles. The summed E-state index contributed by atoms with van der Waals surface area (Å²) in [7, 11) is 0. The van der Waals surface area contributed by atoms with Gasteiger partial charge in [0.1, 0.15) is 12.2 Å². The molecule has 34 heavy (non-hydrogen) atoms. The Labute approximate surface area is 203 Å². The van der Waals surface area contributed by atoms with Crippen molar-refractivity contribution in [1.82, 2.24) is 5.32 Å². The van der Waals surface area contributed by atoms with Crippen molar-refractivity contribution in [3.05, 3.63) is 23.3 Å². The van der Waals surface area contributed by atoms with Gasteiger partial charge in [-0.3, -0.25) is 9.59 Å². The second-order valence-corrected chi connectivity index (χ2v) is 11.7. The highest BCUT2D eigenvalue weighted by Crippen LogP contribution is 2.51. The van der Waals surface area contributed by atoms with Crippen molar-refractivity contribution in [3.63, 3.8) is 0 Å². The van der Waals surface area contributed by atoms with Crippen molar-refractivity contribution in [2.75, 3.05) is 0 Å². The van der Waals surface area contributed by atoms with Crippen LogP contribution in [0.2, 0.25) is 0 Å². The molecule has 4 aliphatic rings. The molecule has 0 aromatic carbocycles. The van der Waals surface area contributed by atoms with Gasteiger partial charge in [0.2, 0.25) is 5.60 Å². The van der Waals surface area contributed by atoms with Crippen molar-refractivity contribution in [2.24, 2.45) is 23.7 Å². The van der Waals surface area contributed by atoms with Crippen LogP contribution in [0.3, 0.4) is 0 Å². The van der Waals surface area contributed by atoms with E-state index in [0.717, 1.165) is 12.0 Å². The van der Waals surface area contributed by atoms with Gasteiger partial charge in [-0.15, -0.1) is 0 Å². The second kappa shape index (κ2) is 9.07. The zero-order valence-electron chi connectivity index (χ0n) is 21.6. The van der Waals surface area contributed by atoms with Crippen LogP contribution in [0.5, 0.6) is 0 Å². The summed E-state index contributed by atoms with van der Waals surface area (Å²) >= 11 is 0. The van der Waals surface area contributed by atoms with E-state index in [9.17, 15) is 14.7 Å². The number of carbonyl (C=O) groups is 2. The fourth-order valence-electron chi connectivity index (χ4n) is 6.50. The van der Waals surface area contributed by atoms with E-state index in [4.69, 9.17) is 14.2 Å². The zero-order chi connectivity index (χ0) is 25.0. The fourth-order valence-corrected chi connectivity index (χ4v) is 6.50. The molecule has 1 amide bonds. The largest absolute Gasteiger partial charge is 0.447 e. The number of carbonyl (C=O) groups excluding carboxylic acids is 2. The number of hydrogen-bond acceptors (Lipinski definition) is 6. The highest BCUT2D eigenvalue weighted by Gasteiger charge is 2.64. The van der Waals surface area contributed by atoms with Crippen molar-refractivity contribution >= 4 is 11.9 Å². The van der Waals surface area contributed by atoms with E-state index < -0.39 is 35.7 Å². The molecule has 0 unspecified atom stereocenters. The Bertz CT molecular complexity index is 892. The van der Waals surface area contributed by atoms with Gasteiger partial charge in [-0.25, -0.2) is 0 Å². The first-order chi connectivity index (χ1) is 15.8. The standard InChI is InChI=1S/C27H41NO6/c1-14(2)10-19-23-17(5)16(4)12-18-11-15(3)8-9-20(29)24-21(32-26(6,7)34-24)13-22(30)33-27(18,23)25(31)28-19/h11-12,14,17-21,23-24,29H,8-10,13H2,1-7H3,(H,28,31)/b15-11+/t17-,18+,19+,20+,21-,23-,24-,27-/m1/s1. The molecule has 7 heteroatoms. The number of rotatable bonds is 2. The van der Waals surface area contributed by atoms with Gasteiger partial charge < -0.3 is 24.6 Å². The number of nitrogens with one attached hydrogen (secondary N) is 1. The first kappa shape index (κ1) is 25.4. The summed E-state index contributed by atoms with van der Waals surface area (Å²) in [5, 5.41) is 14.1. The number of hydrogen-bond donors (Lipinski definition) is 2. The lowest BCUT2D eigenvalue weighted by Crippen LogP contribution is -2.56. The summed E-state index contributed by atoms with van der Waals surface area (Å²) in [6.07, 6.45) is 4.02. The molecule has 0 bridgehead atoms. The van der Waals surface area contributed by atoms with E-state index in [1.165, 1.54) is 5.57 Å². The number of allylic oxidation sites excluding steroid dienone is 2. The first-order valence-electron chi connectivity index (χ1n) is 12.8. The lowest BCUT2D eigenvalue weighted by Gasteiger charge is -2.45. The lowest BCUT2D eigenvalue weighted by atomic mass is 9.63. The van der Waals surface area contributed by atoms with Crippen molar-refractivity contribution < 1.29 is 28.9 Å². The van der Waals surface area contributed by atoms with E-state index in [-0.39, 0.29) is 36.1 Å². The Hall–Kier alpha value is -1.70. The molecule has 2 N–H and O–H groups in total. The fraction of sp³-hybridized carbons (Fsp3) is 0.778. The topological polar surface area (TPSA) is 94.1 Å². The van der Waals surface area contributed by atoms with Crippen LogP contribution in [-0.4, -0.2) is 52.7 Å². The lowest BCUT2D eigenvalue weighted by molar-refractivity contribution is -0.180. The summed E-state index contributed by atoms with van der Waals surface area (Å²) in [6, 6.07) is -0.0670. The molecule has 3 heterocycles. The van der Waals surface area contributed by atoms with Gasteiger partial charge >= 0.3 is 5.97 Å². The maximum Gasteiger partial charge on any atom is 0.309 e. The van der Waals surface area contributed by atoms with E-state index in [1.54, 1.807) is 13.8 Å². The average Bonchev–Trinajstić information content (AvgIpc) is 3.16. The summed E-state index contributed by atoms with van der Waals surface area (Å²) in [6.45, 7) is 14.1. The highest BCUT2D eigenvalue weighted by atomic mass is 16.8. The summed E-state index contributed by atoms with van der Waals surface area (Å²) in [4.78, 5) is 27.2. The van der Waals surface area contributed by atoms with Crippen molar-refractivity contribution in [3.8, 4) is 0 Å². The average molecular weight is 476 g/mol. The highest BCUT2D eigenvalue weighted by molar-refractivity contribution is 5.92. The molecule has 0 aromatic rings. The van der Waals surface area contributed by atoms with Crippen LogP contribution in [0.4, 0.5) is 0 Å². The SMILES string of the molecule is CC1=C[C@@H]2/C=C(\C)CC[C@H](O)[C@H]3OC(C)(C)O[C@@H]3CC(=O)O[C@]23C(=O)N[C@@H](CC(C)C)[C@H]3[C@@H]1C. The van der Waals surface area contributed by atoms with Crippen LogP contribution in [0.25, 0.3) is 0 Å². The summed E-state index contributed by atoms with van der Waals surface area (Å²) < 4.78 is 18.3. The minimum absolute atomic E-state index is 0.0670. The molecule has 1 aliphatic carbocycles. The number of aliphatic hydroxyl groups is 1. The van der Waals surface area contributed by atoms with Gasteiger partial charge in [0.05, 0.1) is 12.5 Å². The van der Waals surface area contributed by atoms with Gasteiger partial charge in [0.15, 0.2) is 5.79 Å². The van der Waals surface area contributed by atoms with Crippen LogP contribution >= 0.6 is 0 Å². The summed E-state index contributed by atoms with van der Waals surface area (Å²) in [5.41, 5.74) is 0.962. The molecular formula is C27H41NO6. The van der Waals surface area contributed by atoms with E-state index >= 15 is 0 Å². The maximum absolute atomic E-state index is 13.7. The zero-order valence-corrected chi connectivity index (χ0v) is 21.6. The third-order valence-electron chi connectivity index (χ3n) is 8.07. The Balaban J connectivity index is 1.78. The number of esters is 1. The van der Waals surface area contributed by atoms with Crippen molar-refractivity contribution in [2.45, 2.75) is 110 Å². The molecule has 8 atom stereocenters. The molecule has 3 aliphatic heterocycles. The van der Waals surface area contributed by atoms with Crippen molar-refractivity contribution in [1.29, 1.82) is 0 Å². The molecule has 0 aromatic heterocycles. The Kier molecular flexibility index (Phi) is 6.77. The number of amides is 1. The predicted octanol–water partition coefficient (Wildman–Crippen LogP) is 3.65. The van der Waals surface area contributed by atoms with Crippen LogP contribution in [0, 0.1) is 23.7 Å². The summed E-state index contributed by atoms with van der Waals surface area (Å²) in [5.74, 6) is -1.65. The van der Waals surface area contributed by atoms with Gasteiger partial charge in [-0.2, -0.15) is 0 Å². The number of aliphatic hydroxyl groups excluding tert-OH is 1. The molecule has 0 radical (unpaired) electrons. The van der Waals surface area contributed by atoms with Crippen LogP contribution in [0.1, 0.15) is 74.1 Å². The van der Waals surface area contributed by atoms with Gasteiger partial charge in [0.25, 0.3) is 5.91 Å². The maximum atomic E-state index is 13.7. The van der Waals surface area contributed by atoms with Crippen LogP contribution in [-0.2, 0) is 23.8 Å². The van der Waals surface area contributed by atoms with Gasteiger partial charge in [0, 0.05) is 17.9 Å². The molecule has 1 spiro atoms. The van der Waals surface area contributed by atoms with Crippen LogP contribution < -0.4 is 5.32 Å². The molecule has 4 rings (SSSR count). The molecule has 7 nitrogen and oxygen atoms in total. The van der Waals surface area contributed by atoms with E-state index in [0.29, 0.717) is 18.8 Å². The Morgan fingerprint density at radius 1 is 1.18 bits per heavy atom. The molecular weight excluding hydrogens is 434 g/mol. The smallest absolute Gasteiger partial charge is 0.309 e. The van der Waals surface area contributed by atoms with Crippen LogP contribution in [0.15, 0.2) is 23.3 Å². The van der Waals surface area contributed by atoms with E-state index in [2.05, 4.69) is 45.2 Å². The normalized spacial score (nSPS) is 43.9. The minimum Gasteiger partial charge on any atom is -0.447 e. The number of ether oxygens (including phenoxy) is 3.